The van der Waals surface area contributed by atoms with Crippen molar-refractivity contribution in [2.75, 3.05) is 0 Å². The lowest BCUT2D eigenvalue weighted by atomic mass is 10.1. The molecule has 128 valence electrons. The van der Waals surface area contributed by atoms with E-state index in [-0.39, 0.29) is 17.4 Å². The molecular weight excluding hydrogens is 343 g/mol. The summed E-state index contributed by atoms with van der Waals surface area (Å²) in [5, 5.41) is 9.20. The third-order valence-corrected chi connectivity index (χ3v) is 3.21. The second kappa shape index (κ2) is 5.93. The molecule has 0 saturated heterocycles. The first-order valence-electron chi connectivity index (χ1n) is 6.76. The third-order valence-electron chi connectivity index (χ3n) is 3.21. The van der Waals surface area contributed by atoms with Gasteiger partial charge in [0, 0.05) is 30.6 Å². The molecule has 0 aliphatic carbocycles. The fraction of sp³-hybridized carbons (Fsp3) is 0.0625. The van der Waals surface area contributed by atoms with Crippen LogP contribution in [0.1, 0.15) is 15.9 Å². The lowest BCUT2D eigenvalue weighted by molar-refractivity contribution is -0.136. The molecule has 0 spiro atoms. The van der Waals surface area contributed by atoms with Crippen molar-refractivity contribution < 1.29 is 32.2 Å². The minimum atomic E-state index is -4.88. The average Bonchev–Trinajstić information content (AvgIpc) is 2.53. The van der Waals surface area contributed by atoms with Crippen molar-refractivity contribution in [2.24, 2.45) is 0 Å². The van der Waals surface area contributed by atoms with Gasteiger partial charge in [-0.2, -0.15) is 13.2 Å². The summed E-state index contributed by atoms with van der Waals surface area (Å²) in [4.78, 5) is 27.0. The maximum absolute atomic E-state index is 13.0. The summed E-state index contributed by atoms with van der Waals surface area (Å²) >= 11 is 0. The van der Waals surface area contributed by atoms with Gasteiger partial charge in [-0.25, -0.2) is 9.59 Å². The van der Waals surface area contributed by atoms with Crippen LogP contribution in [0.3, 0.4) is 0 Å². The molecule has 0 aliphatic heterocycles. The number of carbonyl (C=O) groups excluding carboxylic acids is 1. The Bertz CT molecular complexity index is 1010. The number of aromatic hydroxyl groups is 1. The summed E-state index contributed by atoms with van der Waals surface area (Å²) in [5.41, 5.74) is -3.07. The van der Waals surface area contributed by atoms with Crippen LogP contribution in [-0.2, 0) is 6.18 Å². The lowest BCUT2D eigenvalue weighted by Gasteiger charge is -2.11. The number of esters is 1. The Morgan fingerprint density at radius 2 is 2.00 bits per heavy atom. The minimum absolute atomic E-state index is 0.0904. The number of nitrogens with zero attached hydrogens (tertiary/aromatic N) is 1. The topological polar surface area (TPSA) is 89.6 Å². The van der Waals surface area contributed by atoms with Gasteiger partial charge < -0.3 is 14.3 Å². The van der Waals surface area contributed by atoms with Crippen LogP contribution in [-0.4, -0.2) is 16.1 Å². The number of carbonyl (C=O) groups is 1. The van der Waals surface area contributed by atoms with Gasteiger partial charge in [-0.3, -0.25) is 4.98 Å². The maximum atomic E-state index is 13.0. The molecule has 3 rings (SSSR count). The standard InChI is InChI=1S/C16H8F3NO5/c17-16(18,19)10-6-13(22)25-12-5-9(4-11(21)14(10)12)24-15(23)8-2-1-3-20-7-8/h1-7,21H. The van der Waals surface area contributed by atoms with Crippen LogP contribution in [0.5, 0.6) is 11.5 Å². The number of hydrogen-bond donors (Lipinski definition) is 1. The molecule has 2 heterocycles. The fourth-order valence-corrected chi connectivity index (χ4v) is 2.19. The third kappa shape index (κ3) is 3.30. The molecule has 0 amide bonds. The highest BCUT2D eigenvalue weighted by atomic mass is 19.4. The SMILES string of the molecule is O=C(Oc1cc(O)c2c(C(F)(F)F)cc(=O)oc2c1)c1cccnc1. The van der Waals surface area contributed by atoms with E-state index in [4.69, 9.17) is 4.74 Å². The normalized spacial score (nSPS) is 11.5. The van der Waals surface area contributed by atoms with E-state index >= 15 is 0 Å². The van der Waals surface area contributed by atoms with Crippen molar-refractivity contribution in [1.82, 2.24) is 4.98 Å². The number of hydrogen-bond acceptors (Lipinski definition) is 6. The highest BCUT2D eigenvalue weighted by Crippen LogP contribution is 2.39. The molecular formula is C16H8F3NO5. The van der Waals surface area contributed by atoms with E-state index in [1.165, 1.54) is 24.5 Å². The predicted molar refractivity (Wildman–Crippen MR) is 78.3 cm³/mol. The summed E-state index contributed by atoms with van der Waals surface area (Å²) in [5.74, 6) is -1.98. The van der Waals surface area contributed by atoms with E-state index in [1.807, 2.05) is 0 Å². The summed E-state index contributed by atoms with van der Waals surface area (Å²) in [7, 11) is 0. The minimum Gasteiger partial charge on any atom is -0.507 e. The molecule has 3 aromatic rings. The summed E-state index contributed by atoms with van der Waals surface area (Å²) in [6.45, 7) is 0. The smallest absolute Gasteiger partial charge is 0.417 e. The first-order chi connectivity index (χ1) is 11.8. The Hall–Kier alpha value is -3.36. The number of phenolic OH excluding ortho intramolecular Hbond substituents is 1. The van der Waals surface area contributed by atoms with Gasteiger partial charge >= 0.3 is 17.8 Å². The number of rotatable bonds is 2. The van der Waals surface area contributed by atoms with E-state index in [9.17, 15) is 27.9 Å². The van der Waals surface area contributed by atoms with Crippen molar-refractivity contribution in [3.8, 4) is 11.5 Å². The van der Waals surface area contributed by atoms with Crippen LogP contribution in [0.2, 0.25) is 0 Å². The van der Waals surface area contributed by atoms with Crippen molar-refractivity contribution in [3.63, 3.8) is 0 Å². The van der Waals surface area contributed by atoms with Gasteiger partial charge in [-0.05, 0) is 12.1 Å². The summed E-state index contributed by atoms with van der Waals surface area (Å²) in [6, 6.07) is 4.89. The fourth-order valence-electron chi connectivity index (χ4n) is 2.19. The number of alkyl halides is 3. The number of halogens is 3. The first-order valence-corrected chi connectivity index (χ1v) is 6.76. The summed E-state index contributed by atoms with van der Waals surface area (Å²) in [6.07, 6.45) is -2.21. The average molecular weight is 351 g/mol. The second-order valence-corrected chi connectivity index (χ2v) is 4.92. The van der Waals surface area contributed by atoms with Gasteiger partial charge in [-0.1, -0.05) is 0 Å². The van der Waals surface area contributed by atoms with E-state index in [0.29, 0.717) is 0 Å². The van der Waals surface area contributed by atoms with E-state index in [1.54, 1.807) is 0 Å². The molecule has 0 radical (unpaired) electrons. The monoisotopic (exact) mass is 351 g/mol. The number of benzene rings is 1. The summed E-state index contributed by atoms with van der Waals surface area (Å²) < 4.78 is 48.7. The molecule has 0 aliphatic rings. The number of pyridine rings is 1. The zero-order chi connectivity index (χ0) is 18.2. The number of phenols is 1. The van der Waals surface area contributed by atoms with Crippen molar-refractivity contribution >= 4 is 16.9 Å². The highest BCUT2D eigenvalue weighted by Gasteiger charge is 2.35. The molecule has 0 saturated carbocycles. The van der Waals surface area contributed by atoms with Gasteiger partial charge in [0.15, 0.2) is 0 Å². The number of aromatic nitrogens is 1. The Kier molecular flexibility index (Phi) is 3.91. The van der Waals surface area contributed by atoms with Gasteiger partial charge in [0.25, 0.3) is 0 Å². The molecule has 25 heavy (non-hydrogen) atoms. The molecule has 2 aromatic heterocycles. The Balaban J connectivity index is 2.08. The molecule has 1 aromatic carbocycles. The Labute approximate surface area is 137 Å². The zero-order valence-corrected chi connectivity index (χ0v) is 12.2. The molecule has 0 bridgehead atoms. The van der Waals surface area contributed by atoms with Crippen molar-refractivity contribution in [2.45, 2.75) is 6.18 Å². The Morgan fingerprint density at radius 1 is 1.24 bits per heavy atom. The van der Waals surface area contributed by atoms with Crippen LogP contribution in [0.25, 0.3) is 11.0 Å². The van der Waals surface area contributed by atoms with Crippen molar-refractivity contribution in [3.05, 3.63) is 64.3 Å². The van der Waals surface area contributed by atoms with E-state index < -0.39 is 40.1 Å². The van der Waals surface area contributed by atoms with Gasteiger partial charge in [0.2, 0.25) is 0 Å². The molecule has 0 fully saturated rings. The van der Waals surface area contributed by atoms with E-state index in [2.05, 4.69) is 9.40 Å². The van der Waals surface area contributed by atoms with Crippen LogP contribution in [0, 0.1) is 0 Å². The quantitative estimate of drug-likeness (QED) is 0.433. The molecule has 1 N–H and O–H groups in total. The first kappa shape index (κ1) is 16.5. The zero-order valence-electron chi connectivity index (χ0n) is 12.2. The molecule has 9 heteroatoms. The van der Waals surface area contributed by atoms with Gasteiger partial charge in [0.05, 0.1) is 16.5 Å². The molecule has 6 nitrogen and oxygen atoms in total. The predicted octanol–water partition coefficient (Wildman–Crippen LogP) is 3.13. The second-order valence-electron chi connectivity index (χ2n) is 4.92. The van der Waals surface area contributed by atoms with Gasteiger partial charge in [0.1, 0.15) is 17.1 Å². The van der Waals surface area contributed by atoms with Crippen LogP contribution in [0.4, 0.5) is 13.2 Å². The van der Waals surface area contributed by atoms with Crippen LogP contribution in [0.15, 0.2) is 51.9 Å². The van der Waals surface area contributed by atoms with Crippen molar-refractivity contribution in [1.29, 1.82) is 0 Å². The highest BCUT2D eigenvalue weighted by molar-refractivity contribution is 5.93. The maximum Gasteiger partial charge on any atom is 0.417 e. The Morgan fingerprint density at radius 3 is 2.64 bits per heavy atom. The van der Waals surface area contributed by atoms with Gasteiger partial charge in [-0.15, -0.1) is 0 Å². The lowest BCUT2D eigenvalue weighted by Crippen LogP contribution is -2.12. The molecule has 0 unspecified atom stereocenters. The van der Waals surface area contributed by atoms with E-state index in [0.717, 1.165) is 12.1 Å². The number of ether oxygens (including phenoxy) is 1. The largest absolute Gasteiger partial charge is 0.507 e. The van der Waals surface area contributed by atoms with Crippen LogP contribution < -0.4 is 10.4 Å². The number of fused-ring (bicyclic) bond motifs is 1. The molecule has 0 atom stereocenters. The van der Waals surface area contributed by atoms with Crippen LogP contribution >= 0.6 is 0 Å².